The summed E-state index contributed by atoms with van der Waals surface area (Å²) in [5.74, 6) is -2.17. The van der Waals surface area contributed by atoms with E-state index >= 15 is 0 Å². The highest BCUT2D eigenvalue weighted by Crippen LogP contribution is 2.31. The number of hydrogen-bond acceptors (Lipinski definition) is 5. The molecule has 0 aliphatic heterocycles. The molecular formula is C11H15N3O3S. The highest BCUT2D eigenvalue weighted by atomic mass is 32.1. The summed E-state index contributed by atoms with van der Waals surface area (Å²) in [5, 5.41) is 20.6. The SMILES string of the molecule is Cc1nnc(NC(=O)C2CCCCC2C(=O)O)s1. The molecule has 1 aliphatic rings. The van der Waals surface area contributed by atoms with Crippen molar-refractivity contribution in [3.63, 3.8) is 0 Å². The zero-order chi connectivity index (χ0) is 13.1. The average molecular weight is 269 g/mol. The molecule has 1 aromatic rings. The van der Waals surface area contributed by atoms with Gasteiger partial charge in [0.15, 0.2) is 0 Å². The van der Waals surface area contributed by atoms with Crippen LogP contribution in [0.4, 0.5) is 5.13 Å². The quantitative estimate of drug-likeness (QED) is 0.870. The maximum Gasteiger partial charge on any atom is 0.307 e. The Bertz CT molecular complexity index is 460. The predicted octanol–water partition coefficient (Wildman–Crippen LogP) is 1.68. The fraction of sp³-hybridized carbons (Fsp3) is 0.636. The number of hydrogen-bond donors (Lipinski definition) is 2. The number of aryl methyl sites for hydroxylation is 1. The van der Waals surface area contributed by atoms with Crippen molar-refractivity contribution in [2.45, 2.75) is 32.6 Å². The minimum absolute atomic E-state index is 0.252. The molecular weight excluding hydrogens is 254 g/mol. The van der Waals surface area contributed by atoms with E-state index in [1.165, 1.54) is 11.3 Å². The summed E-state index contributed by atoms with van der Waals surface area (Å²) in [6.45, 7) is 1.80. The zero-order valence-electron chi connectivity index (χ0n) is 10.0. The number of rotatable bonds is 3. The lowest BCUT2D eigenvalue weighted by atomic mass is 9.79. The van der Waals surface area contributed by atoms with Gasteiger partial charge in [-0.05, 0) is 19.8 Å². The van der Waals surface area contributed by atoms with E-state index < -0.39 is 17.8 Å². The molecule has 1 saturated carbocycles. The van der Waals surface area contributed by atoms with Gasteiger partial charge in [-0.1, -0.05) is 24.2 Å². The maximum atomic E-state index is 12.1. The van der Waals surface area contributed by atoms with E-state index in [1.54, 1.807) is 6.92 Å². The molecule has 6 nitrogen and oxygen atoms in total. The molecule has 0 spiro atoms. The van der Waals surface area contributed by atoms with Crippen molar-refractivity contribution in [3.8, 4) is 0 Å². The maximum absolute atomic E-state index is 12.1. The van der Waals surface area contributed by atoms with Gasteiger partial charge in [-0.25, -0.2) is 0 Å². The number of carbonyl (C=O) groups is 2. The summed E-state index contributed by atoms with van der Waals surface area (Å²) < 4.78 is 0. The number of carboxylic acids is 1. The molecule has 1 amide bonds. The molecule has 0 aromatic carbocycles. The summed E-state index contributed by atoms with van der Waals surface area (Å²) in [4.78, 5) is 23.2. The molecule has 0 bridgehead atoms. The van der Waals surface area contributed by atoms with Crippen molar-refractivity contribution in [1.82, 2.24) is 10.2 Å². The highest BCUT2D eigenvalue weighted by molar-refractivity contribution is 7.15. The molecule has 1 fully saturated rings. The Kier molecular flexibility index (Phi) is 3.90. The van der Waals surface area contributed by atoms with Gasteiger partial charge >= 0.3 is 5.97 Å². The van der Waals surface area contributed by atoms with Gasteiger partial charge in [0.05, 0.1) is 11.8 Å². The van der Waals surface area contributed by atoms with E-state index in [0.29, 0.717) is 18.0 Å². The van der Waals surface area contributed by atoms with Gasteiger partial charge in [0, 0.05) is 0 Å². The minimum Gasteiger partial charge on any atom is -0.481 e. The molecule has 2 rings (SSSR count). The molecule has 1 aromatic heterocycles. The van der Waals surface area contributed by atoms with Gasteiger partial charge in [0.2, 0.25) is 11.0 Å². The number of carboxylic acid groups (broad SMARTS) is 1. The van der Waals surface area contributed by atoms with Crippen LogP contribution in [0, 0.1) is 18.8 Å². The summed E-state index contributed by atoms with van der Waals surface area (Å²) in [6, 6.07) is 0. The van der Waals surface area contributed by atoms with E-state index in [2.05, 4.69) is 15.5 Å². The smallest absolute Gasteiger partial charge is 0.307 e. The van der Waals surface area contributed by atoms with Crippen LogP contribution < -0.4 is 5.32 Å². The van der Waals surface area contributed by atoms with Crippen LogP contribution in [-0.4, -0.2) is 27.2 Å². The molecule has 0 saturated heterocycles. The van der Waals surface area contributed by atoms with Crippen molar-refractivity contribution in [1.29, 1.82) is 0 Å². The molecule has 1 aliphatic carbocycles. The Morgan fingerprint density at radius 2 is 1.94 bits per heavy atom. The fourth-order valence-corrected chi connectivity index (χ4v) is 2.88. The molecule has 2 N–H and O–H groups in total. The normalized spacial score (nSPS) is 23.6. The van der Waals surface area contributed by atoms with Crippen LogP contribution in [0.5, 0.6) is 0 Å². The second-order valence-corrected chi connectivity index (χ2v) is 5.63. The molecule has 1 heterocycles. The number of aliphatic carboxylic acids is 1. The Balaban J connectivity index is 2.04. The summed E-state index contributed by atoms with van der Waals surface area (Å²) in [7, 11) is 0. The Morgan fingerprint density at radius 1 is 1.28 bits per heavy atom. The van der Waals surface area contributed by atoms with Gasteiger partial charge in [-0.15, -0.1) is 10.2 Å². The van der Waals surface area contributed by atoms with Crippen LogP contribution in [0.2, 0.25) is 0 Å². The number of aromatic nitrogens is 2. The lowest BCUT2D eigenvalue weighted by Crippen LogP contribution is -2.36. The van der Waals surface area contributed by atoms with Gasteiger partial charge in [-0.3, -0.25) is 9.59 Å². The van der Waals surface area contributed by atoms with Crippen molar-refractivity contribution in [2.24, 2.45) is 11.8 Å². The summed E-state index contributed by atoms with van der Waals surface area (Å²) in [6.07, 6.45) is 2.97. The van der Waals surface area contributed by atoms with Gasteiger partial charge in [0.25, 0.3) is 0 Å². The standard InChI is InChI=1S/C11H15N3O3S/c1-6-13-14-11(18-6)12-9(15)7-4-2-3-5-8(7)10(16)17/h7-8H,2-5H2,1H3,(H,16,17)(H,12,14,15). The monoisotopic (exact) mass is 269 g/mol. The van der Waals surface area contributed by atoms with E-state index in [1.807, 2.05) is 0 Å². The van der Waals surface area contributed by atoms with Crippen LogP contribution in [-0.2, 0) is 9.59 Å². The van der Waals surface area contributed by atoms with E-state index in [-0.39, 0.29) is 5.91 Å². The van der Waals surface area contributed by atoms with Crippen LogP contribution in [0.1, 0.15) is 30.7 Å². The first-order valence-electron chi connectivity index (χ1n) is 5.91. The van der Waals surface area contributed by atoms with E-state index in [9.17, 15) is 9.59 Å². The van der Waals surface area contributed by atoms with E-state index in [4.69, 9.17) is 5.11 Å². The second-order valence-electron chi connectivity index (χ2n) is 4.45. The van der Waals surface area contributed by atoms with Gasteiger partial charge in [0.1, 0.15) is 5.01 Å². The van der Waals surface area contributed by atoms with Crippen LogP contribution in [0.15, 0.2) is 0 Å². The van der Waals surface area contributed by atoms with Crippen LogP contribution in [0.25, 0.3) is 0 Å². The van der Waals surface area contributed by atoms with Gasteiger partial charge in [-0.2, -0.15) is 0 Å². The zero-order valence-corrected chi connectivity index (χ0v) is 10.9. The second kappa shape index (κ2) is 5.43. The molecule has 7 heteroatoms. The molecule has 98 valence electrons. The molecule has 2 unspecified atom stereocenters. The van der Waals surface area contributed by atoms with E-state index in [0.717, 1.165) is 17.8 Å². The number of amides is 1. The number of anilines is 1. The Labute approximate surface area is 108 Å². The van der Waals surface area contributed by atoms with Crippen molar-refractivity contribution in [2.75, 3.05) is 5.32 Å². The number of carbonyl (C=O) groups excluding carboxylic acids is 1. The first kappa shape index (κ1) is 12.9. The summed E-state index contributed by atoms with van der Waals surface area (Å²) in [5.41, 5.74) is 0. The molecule has 2 atom stereocenters. The highest BCUT2D eigenvalue weighted by Gasteiger charge is 2.35. The molecule has 0 radical (unpaired) electrons. The van der Waals surface area contributed by atoms with Crippen molar-refractivity contribution < 1.29 is 14.7 Å². The lowest BCUT2D eigenvalue weighted by Gasteiger charge is -2.26. The Hall–Kier alpha value is -1.50. The predicted molar refractivity (Wildman–Crippen MR) is 66.4 cm³/mol. The first-order chi connectivity index (χ1) is 8.58. The lowest BCUT2D eigenvalue weighted by molar-refractivity contribution is -0.147. The largest absolute Gasteiger partial charge is 0.481 e. The van der Waals surface area contributed by atoms with Crippen LogP contribution >= 0.6 is 11.3 Å². The van der Waals surface area contributed by atoms with Crippen molar-refractivity contribution >= 4 is 28.3 Å². The third-order valence-corrected chi connectivity index (χ3v) is 3.93. The van der Waals surface area contributed by atoms with Crippen molar-refractivity contribution in [3.05, 3.63) is 5.01 Å². The number of nitrogens with one attached hydrogen (secondary N) is 1. The van der Waals surface area contributed by atoms with Crippen LogP contribution in [0.3, 0.4) is 0 Å². The average Bonchev–Trinajstić information content (AvgIpc) is 2.74. The van der Waals surface area contributed by atoms with Gasteiger partial charge < -0.3 is 10.4 Å². The third kappa shape index (κ3) is 2.84. The topological polar surface area (TPSA) is 92.2 Å². The number of nitrogens with zero attached hydrogens (tertiary/aromatic N) is 2. The first-order valence-corrected chi connectivity index (χ1v) is 6.73. The molecule has 18 heavy (non-hydrogen) atoms. The fourth-order valence-electron chi connectivity index (χ4n) is 2.29. The summed E-state index contributed by atoms with van der Waals surface area (Å²) >= 11 is 1.29. The minimum atomic E-state index is -0.886. The third-order valence-electron chi connectivity index (χ3n) is 3.18. The Morgan fingerprint density at radius 3 is 2.50 bits per heavy atom.